The molecule has 210 valence electrons. The second-order valence-electron chi connectivity index (χ2n) is 9.42. The number of thiocarbonyl (C=S) groups is 1. The number of carboxylic acid groups (broad SMARTS) is 1. The quantitative estimate of drug-likeness (QED) is 0.232. The van der Waals surface area contributed by atoms with Crippen LogP contribution < -0.4 is 20.1 Å². The summed E-state index contributed by atoms with van der Waals surface area (Å²) in [4.78, 5) is 40.6. The van der Waals surface area contributed by atoms with E-state index in [9.17, 15) is 19.5 Å². The van der Waals surface area contributed by atoms with E-state index in [1.165, 1.54) is 19.9 Å². The molecule has 1 aliphatic heterocycles. The van der Waals surface area contributed by atoms with Crippen molar-refractivity contribution >= 4 is 95.3 Å². The number of carbonyl (C=O) groups excluding carboxylic acids is 1. The molecule has 5 aromatic rings. The Hall–Kier alpha value is -4.03. The fourth-order valence-corrected chi connectivity index (χ4v) is 8.30. The largest absolute Gasteiger partial charge is 0.480 e. The van der Waals surface area contributed by atoms with Crippen LogP contribution in [-0.2, 0) is 16.1 Å². The first-order valence-corrected chi connectivity index (χ1v) is 15.8. The van der Waals surface area contributed by atoms with Crippen LogP contribution >= 0.6 is 46.7 Å². The minimum Gasteiger partial charge on any atom is -0.480 e. The molecule has 0 bridgehead atoms. The molecular formula is C31H23N3O4S4. The Labute approximate surface area is 258 Å². The van der Waals surface area contributed by atoms with Crippen molar-refractivity contribution in [2.24, 2.45) is 0 Å². The van der Waals surface area contributed by atoms with Crippen molar-refractivity contribution in [1.82, 2.24) is 9.47 Å². The van der Waals surface area contributed by atoms with Crippen molar-refractivity contribution in [1.29, 1.82) is 0 Å². The molecule has 1 saturated heterocycles. The molecule has 0 saturated carbocycles. The molecule has 1 aliphatic rings. The molecule has 0 atom stereocenters. The van der Waals surface area contributed by atoms with Crippen molar-refractivity contribution < 1.29 is 14.7 Å². The van der Waals surface area contributed by atoms with E-state index >= 15 is 0 Å². The molecule has 3 heterocycles. The number of benzene rings is 3. The van der Waals surface area contributed by atoms with Crippen molar-refractivity contribution in [3.05, 3.63) is 104 Å². The zero-order chi connectivity index (χ0) is 29.4. The lowest BCUT2D eigenvalue weighted by atomic mass is 10.1. The third kappa shape index (κ3) is 5.56. The standard InChI is InChI=1S/C31H23N3O4S4/c1-2-33-29(38)27(42-31(33)39)30-34(17-26(35)36)28(37)25(41-30)15-18-7-11-21(12-8-18)32-22-13-9-19(10-14-22)24-16-20-5-3-4-6-23(20)40-24/h3-16,32H,2,17H2,1H3,(H,35,36). The summed E-state index contributed by atoms with van der Waals surface area (Å²) in [7, 11) is 0. The van der Waals surface area contributed by atoms with E-state index in [2.05, 4.69) is 47.8 Å². The SMILES string of the molecule is CCN1C(=O)C(=c2sc(=Cc3ccc(Nc4ccc(-c5cc6ccccc6s5)cc4)cc3)c(=O)n2CC(=O)O)SC1=S. The number of carboxylic acids is 1. The van der Waals surface area contributed by atoms with Crippen LogP contribution in [0.3, 0.4) is 0 Å². The van der Waals surface area contributed by atoms with Gasteiger partial charge >= 0.3 is 5.97 Å². The number of nitrogens with one attached hydrogen (secondary N) is 1. The Morgan fingerprint density at radius 3 is 2.31 bits per heavy atom. The number of nitrogens with zero attached hydrogens (tertiary/aromatic N) is 2. The molecule has 7 nitrogen and oxygen atoms in total. The summed E-state index contributed by atoms with van der Waals surface area (Å²) in [6, 6.07) is 26.5. The Kier molecular flexibility index (Phi) is 7.82. The normalized spacial score (nSPS) is 15.2. The van der Waals surface area contributed by atoms with Crippen LogP contribution in [0.2, 0.25) is 0 Å². The number of aromatic nitrogens is 1. The first kappa shape index (κ1) is 28.1. The van der Waals surface area contributed by atoms with E-state index < -0.39 is 18.1 Å². The Bertz CT molecular complexity index is 2010. The summed E-state index contributed by atoms with van der Waals surface area (Å²) in [5.74, 6) is -1.48. The average Bonchev–Trinajstić information content (AvgIpc) is 3.63. The monoisotopic (exact) mass is 629 g/mol. The molecule has 42 heavy (non-hydrogen) atoms. The Balaban J connectivity index is 1.25. The van der Waals surface area contributed by atoms with E-state index in [-0.39, 0.29) is 10.8 Å². The number of thiazole rings is 1. The molecule has 0 radical (unpaired) electrons. The third-order valence-electron chi connectivity index (χ3n) is 6.65. The van der Waals surface area contributed by atoms with E-state index in [0.29, 0.717) is 20.1 Å². The zero-order valence-corrected chi connectivity index (χ0v) is 25.5. The van der Waals surface area contributed by atoms with Gasteiger partial charge in [-0.1, -0.05) is 66.4 Å². The van der Waals surface area contributed by atoms with Crippen LogP contribution in [0.25, 0.3) is 31.5 Å². The third-order valence-corrected chi connectivity index (χ3v) is 10.5. The summed E-state index contributed by atoms with van der Waals surface area (Å²) >= 11 is 9.27. The van der Waals surface area contributed by atoms with Crippen molar-refractivity contribution in [2.75, 3.05) is 11.9 Å². The molecule has 0 unspecified atom stereocenters. The predicted molar refractivity (Wildman–Crippen MR) is 177 cm³/mol. The lowest BCUT2D eigenvalue weighted by molar-refractivity contribution is -0.137. The van der Waals surface area contributed by atoms with Crippen molar-refractivity contribution in [2.45, 2.75) is 13.5 Å². The lowest BCUT2D eigenvalue weighted by Gasteiger charge is -2.09. The molecular weight excluding hydrogens is 607 g/mol. The molecule has 1 fully saturated rings. The summed E-state index contributed by atoms with van der Waals surface area (Å²) < 4.78 is 3.44. The minimum absolute atomic E-state index is 0.280. The van der Waals surface area contributed by atoms with Gasteiger partial charge in [0.1, 0.15) is 20.4 Å². The average molecular weight is 630 g/mol. The highest BCUT2D eigenvalue weighted by atomic mass is 32.2. The molecule has 1 amide bonds. The summed E-state index contributed by atoms with van der Waals surface area (Å²) in [6.07, 6.45) is 1.71. The van der Waals surface area contributed by atoms with Crippen LogP contribution in [0.15, 0.2) is 83.7 Å². The highest BCUT2D eigenvalue weighted by molar-refractivity contribution is 8.30. The Morgan fingerprint density at radius 2 is 1.67 bits per heavy atom. The Morgan fingerprint density at radius 1 is 0.976 bits per heavy atom. The van der Waals surface area contributed by atoms with Crippen LogP contribution in [-0.4, -0.2) is 37.3 Å². The van der Waals surface area contributed by atoms with Gasteiger partial charge in [0.05, 0.1) is 4.53 Å². The van der Waals surface area contributed by atoms with Crippen LogP contribution in [0.1, 0.15) is 12.5 Å². The van der Waals surface area contributed by atoms with E-state index in [0.717, 1.165) is 50.2 Å². The van der Waals surface area contributed by atoms with Gasteiger partial charge in [0.2, 0.25) is 0 Å². The van der Waals surface area contributed by atoms with Crippen molar-refractivity contribution in [3.8, 4) is 10.4 Å². The molecule has 2 aromatic heterocycles. The van der Waals surface area contributed by atoms with Crippen LogP contribution in [0, 0.1) is 0 Å². The van der Waals surface area contributed by atoms with Gasteiger partial charge in [0, 0.05) is 27.5 Å². The van der Waals surface area contributed by atoms with Gasteiger partial charge in [-0.05, 0) is 65.9 Å². The number of anilines is 2. The highest BCUT2D eigenvalue weighted by Crippen LogP contribution is 2.34. The maximum Gasteiger partial charge on any atom is 0.323 e. The van der Waals surface area contributed by atoms with Gasteiger partial charge in [-0.25, -0.2) is 0 Å². The number of thioether (sulfide) groups is 1. The molecule has 2 N–H and O–H groups in total. The second kappa shape index (κ2) is 11.7. The van der Waals surface area contributed by atoms with Gasteiger partial charge < -0.3 is 10.4 Å². The number of aliphatic carboxylic acids is 1. The maximum absolute atomic E-state index is 13.2. The van der Waals surface area contributed by atoms with Crippen LogP contribution in [0.5, 0.6) is 0 Å². The number of amides is 1. The number of hydrogen-bond donors (Lipinski definition) is 2. The van der Waals surface area contributed by atoms with Gasteiger partial charge in [-0.15, -0.1) is 22.7 Å². The van der Waals surface area contributed by atoms with Gasteiger partial charge in [-0.3, -0.25) is 23.9 Å². The van der Waals surface area contributed by atoms with Crippen molar-refractivity contribution in [3.63, 3.8) is 0 Å². The number of rotatable bonds is 7. The van der Waals surface area contributed by atoms with Gasteiger partial charge in [0.25, 0.3) is 11.5 Å². The van der Waals surface area contributed by atoms with Crippen LogP contribution in [0.4, 0.5) is 11.4 Å². The van der Waals surface area contributed by atoms with E-state index in [1.54, 1.807) is 17.4 Å². The lowest BCUT2D eigenvalue weighted by Crippen LogP contribution is -2.35. The number of carbonyl (C=O) groups is 2. The number of thiophene rings is 1. The molecule has 0 spiro atoms. The molecule has 6 rings (SSSR count). The minimum atomic E-state index is -1.17. The fourth-order valence-electron chi connectivity index (χ4n) is 4.59. The first-order valence-electron chi connectivity index (χ1n) is 13.0. The summed E-state index contributed by atoms with van der Waals surface area (Å²) in [6.45, 7) is 1.67. The zero-order valence-electron chi connectivity index (χ0n) is 22.2. The predicted octanol–water partition coefficient (Wildman–Crippen LogP) is 5.44. The van der Waals surface area contributed by atoms with E-state index in [4.69, 9.17) is 12.2 Å². The second-order valence-corrected chi connectivity index (χ2v) is 13.2. The number of hydrogen-bond acceptors (Lipinski definition) is 8. The van der Waals surface area contributed by atoms with Gasteiger partial charge in [-0.2, -0.15) is 0 Å². The van der Waals surface area contributed by atoms with Gasteiger partial charge in [0.15, 0.2) is 0 Å². The first-order chi connectivity index (χ1) is 20.3. The number of fused-ring (bicyclic) bond motifs is 1. The summed E-state index contributed by atoms with van der Waals surface area (Å²) in [5.41, 5.74) is 3.31. The molecule has 11 heteroatoms. The molecule has 3 aromatic carbocycles. The topological polar surface area (TPSA) is 91.6 Å². The summed E-state index contributed by atoms with van der Waals surface area (Å²) in [5, 5.41) is 14.1. The van der Waals surface area contributed by atoms with E-state index in [1.807, 2.05) is 43.3 Å². The fraction of sp³-hybridized carbons (Fsp3) is 0.0968. The maximum atomic E-state index is 13.2. The smallest absolute Gasteiger partial charge is 0.323 e. The molecule has 0 aliphatic carbocycles. The highest BCUT2D eigenvalue weighted by Gasteiger charge is 2.33.